The SMILES string of the molecule is CC(=O)NC[C@H]1[C@H]2CN(Cc3ccc(-c4ccc(C)o4)cc3)C[C@]23CC[C@H]1O3. The van der Waals surface area contributed by atoms with Gasteiger partial charge in [-0.25, -0.2) is 0 Å². The van der Waals surface area contributed by atoms with Crippen molar-refractivity contribution >= 4 is 5.91 Å². The second-order valence-electron chi connectivity index (χ2n) is 8.74. The molecule has 28 heavy (non-hydrogen) atoms. The fourth-order valence-corrected chi connectivity index (χ4v) is 5.56. The van der Waals surface area contributed by atoms with Crippen molar-refractivity contribution in [2.75, 3.05) is 19.6 Å². The summed E-state index contributed by atoms with van der Waals surface area (Å²) >= 11 is 0. The molecule has 5 nitrogen and oxygen atoms in total. The third kappa shape index (κ3) is 3.07. The molecule has 1 aromatic carbocycles. The first kappa shape index (κ1) is 18.0. The summed E-state index contributed by atoms with van der Waals surface area (Å²) in [6, 6.07) is 12.7. The predicted molar refractivity (Wildman–Crippen MR) is 107 cm³/mol. The highest BCUT2D eigenvalue weighted by Gasteiger charge is 2.62. The number of carbonyl (C=O) groups is 1. The average molecular weight is 380 g/mol. The first-order chi connectivity index (χ1) is 13.5. The van der Waals surface area contributed by atoms with Gasteiger partial charge < -0.3 is 14.5 Å². The zero-order chi connectivity index (χ0) is 19.3. The van der Waals surface area contributed by atoms with Crippen LogP contribution in [-0.4, -0.2) is 42.1 Å². The van der Waals surface area contributed by atoms with Crippen LogP contribution in [-0.2, 0) is 16.1 Å². The summed E-state index contributed by atoms with van der Waals surface area (Å²) in [5.74, 6) is 2.89. The molecule has 3 saturated heterocycles. The molecule has 5 rings (SSSR count). The summed E-state index contributed by atoms with van der Waals surface area (Å²) in [6.45, 7) is 7.31. The van der Waals surface area contributed by atoms with Crippen LogP contribution in [0.15, 0.2) is 40.8 Å². The van der Waals surface area contributed by atoms with Crippen molar-refractivity contribution in [3.8, 4) is 11.3 Å². The van der Waals surface area contributed by atoms with Crippen LogP contribution in [0.25, 0.3) is 11.3 Å². The molecule has 4 heterocycles. The number of likely N-dealkylation sites (tertiary alicyclic amines) is 1. The van der Waals surface area contributed by atoms with Crippen LogP contribution in [0.5, 0.6) is 0 Å². The Balaban J connectivity index is 1.26. The Labute approximate surface area is 166 Å². The molecule has 2 aromatic rings. The minimum atomic E-state index is 0.0133. The van der Waals surface area contributed by atoms with Gasteiger partial charge >= 0.3 is 0 Å². The number of furan rings is 1. The average Bonchev–Trinajstić information content (AvgIpc) is 3.41. The van der Waals surface area contributed by atoms with E-state index < -0.39 is 0 Å². The summed E-state index contributed by atoms with van der Waals surface area (Å²) in [4.78, 5) is 13.9. The van der Waals surface area contributed by atoms with Crippen molar-refractivity contribution in [1.29, 1.82) is 0 Å². The van der Waals surface area contributed by atoms with Crippen LogP contribution >= 0.6 is 0 Å². The maximum absolute atomic E-state index is 11.4. The van der Waals surface area contributed by atoms with Crippen LogP contribution < -0.4 is 5.32 Å². The van der Waals surface area contributed by atoms with Crippen molar-refractivity contribution in [1.82, 2.24) is 10.2 Å². The Morgan fingerprint density at radius 2 is 2.07 bits per heavy atom. The maximum atomic E-state index is 11.4. The summed E-state index contributed by atoms with van der Waals surface area (Å²) in [6.07, 6.45) is 2.62. The van der Waals surface area contributed by atoms with Gasteiger partial charge in [0.25, 0.3) is 0 Å². The van der Waals surface area contributed by atoms with Gasteiger partial charge in [-0.3, -0.25) is 9.69 Å². The molecule has 4 atom stereocenters. The van der Waals surface area contributed by atoms with E-state index in [-0.39, 0.29) is 11.5 Å². The summed E-state index contributed by atoms with van der Waals surface area (Å²) in [5, 5.41) is 3.02. The summed E-state index contributed by atoms with van der Waals surface area (Å²) in [5.41, 5.74) is 2.45. The molecule has 0 aliphatic carbocycles. The number of nitrogens with zero attached hydrogens (tertiary/aromatic N) is 1. The van der Waals surface area contributed by atoms with Crippen LogP contribution in [0, 0.1) is 18.8 Å². The number of rotatable bonds is 5. The Hall–Kier alpha value is -2.11. The van der Waals surface area contributed by atoms with Crippen molar-refractivity contribution < 1.29 is 13.9 Å². The van der Waals surface area contributed by atoms with Gasteiger partial charge in [-0.2, -0.15) is 0 Å². The quantitative estimate of drug-likeness (QED) is 0.864. The van der Waals surface area contributed by atoms with E-state index >= 15 is 0 Å². The first-order valence-corrected chi connectivity index (χ1v) is 10.3. The molecule has 3 aliphatic rings. The van der Waals surface area contributed by atoms with Crippen LogP contribution in [0.1, 0.15) is 31.1 Å². The number of ether oxygens (including phenoxy) is 1. The topological polar surface area (TPSA) is 54.7 Å². The van der Waals surface area contributed by atoms with Gasteiger partial charge in [0.05, 0.1) is 11.7 Å². The minimum Gasteiger partial charge on any atom is -0.461 e. The van der Waals surface area contributed by atoms with Crippen molar-refractivity contribution in [2.24, 2.45) is 11.8 Å². The minimum absolute atomic E-state index is 0.0133. The molecular formula is C23H28N2O3. The van der Waals surface area contributed by atoms with Crippen LogP contribution in [0.2, 0.25) is 0 Å². The number of amides is 1. The molecule has 1 aromatic heterocycles. The highest BCUT2D eigenvalue weighted by atomic mass is 16.5. The number of nitrogens with one attached hydrogen (secondary N) is 1. The number of fused-ring (bicyclic) bond motifs is 1. The molecule has 1 N–H and O–H groups in total. The Kier molecular flexibility index (Phi) is 4.33. The maximum Gasteiger partial charge on any atom is 0.216 e. The zero-order valence-electron chi connectivity index (χ0n) is 16.6. The predicted octanol–water partition coefficient (Wildman–Crippen LogP) is 3.37. The summed E-state index contributed by atoms with van der Waals surface area (Å²) < 4.78 is 12.2. The van der Waals surface area contributed by atoms with E-state index in [0.717, 1.165) is 56.1 Å². The number of carbonyl (C=O) groups excluding carboxylic acids is 1. The molecule has 1 spiro atoms. The molecule has 5 heteroatoms. The second kappa shape index (κ2) is 6.75. The Morgan fingerprint density at radius 1 is 1.25 bits per heavy atom. The van der Waals surface area contributed by atoms with Gasteiger partial charge in [0.15, 0.2) is 0 Å². The smallest absolute Gasteiger partial charge is 0.216 e. The standard InChI is InChI=1S/C23H28N2O3/c1-15-3-8-21(27-15)18-6-4-17(5-7-18)12-25-13-20-19(11-24-16(2)26)22-9-10-23(20,14-25)28-22/h3-8,19-20,22H,9-14H2,1-2H3,(H,24,26)/t19-,20+,22+,23+/m0/s1. The lowest BCUT2D eigenvalue weighted by Crippen LogP contribution is -2.41. The largest absolute Gasteiger partial charge is 0.461 e. The van der Waals surface area contributed by atoms with E-state index in [0.29, 0.717) is 17.9 Å². The number of hydrogen-bond donors (Lipinski definition) is 1. The Bertz CT molecular complexity index is 874. The third-order valence-corrected chi connectivity index (χ3v) is 6.83. The van der Waals surface area contributed by atoms with Gasteiger partial charge in [-0.1, -0.05) is 24.3 Å². The second-order valence-corrected chi connectivity index (χ2v) is 8.74. The molecule has 1 amide bonds. The van der Waals surface area contributed by atoms with Crippen molar-refractivity contribution in [3.63, 3.8) is 0 Å². The molecular weight excluding hydrogens is 352 g/mol. The van der Waals surface area contributed by atoms with Gasteiger partial charge in [0.1, 0.15) is 11.5 Å². The molecule has 3 fully saturated rings. The molecule has 3 aliphatic heterocycles. The lowest BCUT2D eigenvalue weighted by atomic mass is 9.73. The van der Waals surface area contributed by atoms with E-state index in [2.05, 4.69) is 34.5 Å². The molecule has 0 unspecified atom stereocenters. The molecule has 0 saturated carbocycles. The first-order valence-electron chi connectivity index (χ1n) is 10.3. The lowest BCUT2D eigenvalue weighted by Gasteiger charge is -2.29. The van der Waals surface area contributed by atoms with Gasteiger partial charge in [-0.15, -0.1) is 0 Å². The monoisotopic (exact) mass is 380 g/mol. The zero-order valence-corrected chi connectivity index (χ0v) is 16.6. The molecule has 148 valence electrons. The summed E-state index contributed by atoms with van der Waals surface area (Å²) in [7, 11) is 0. The highest BCUT2D eigenvalue weighted by Crippen LogP contribution is 2.54. The third-order valence-electron chi connectivity index (χ3n) is 6.83. The van der Waals surface area contributed by atoms with Crippen LogP contribution in [0.4, 0.5) is 0 Å². The normalized spacial score (nSPS) is 31.3. The fraction of sp³-hybridized carbons (Fsp3) is 0.522. The number of benzene rings is 1. The van der Waals surface area contributed by atoms with Gasteiger partial charge in [-0.05, 0) is 37.5 Å². The van der Waals surface area contributed by atoms with E-state index in [1.54, 1.807) is 6.92 Å². The highest BCUT2D eigenvalue weighted by molar-refractivity contribution is 5.72. The van der Waals surface area contributed by atoms with E-state index in [1.165, 1.54) is 5.56 Å². The van der Waals surface area contributed by atoms with Crippen molar-refractivity contribution in [3.05, 3.63) is 47.7 Å². The molecule has 2 bridgehead atoms. The lowest BCUT2D eigenvalue weighted by molar-refractivity contribution is -0.119. The van der Waals surface area contributed by atoms with E-state index in [9.17, 15) is 4.79 Å². The molecule has 0 radical (unpaired) electrons. The van der Waals surface area contributed by atoms with Crippen molar-refractivity contribution in [2.45, 2.75) is 44.9 Å². The van der Waals surface area contributed by atoms with Gasteiger partial charge in [0, 0.05) is 50.5 Å². The number of aryl methyl sites for hydroxylation is 1. The van der Waals surface area contributed by atoms with E-state index in [4.69, 9.17) is 9.15 Å². The van der Waals surface area contributed by atoms with E-state index in [1.807, 2.05) is 19.1 Å². The van der Waals surface area contributed by atoms with Crippen LogP contribution in [0.3, 0.4) is 0 Å². The van der Waals surface area contributed by atoms with Gasteiger partial charge in [0.2, 0.25) is 5.91 Å². The fourth-order valence-electron chi connectivity index (χ4n) is 5.56. The number of hydrogen-bond acceptors (Lipinski definition) is 4. The Morgan fingerprint density at radius 3 is 2.79 bits per heavy atom.